The van der Waals surface area contributed by atoms with E-state index < -0.39 is 23.7 Å². The summed E-state index contributed by atoms with van der Waals surface area (Å²) in [6, 6.07) is 2.17. The van der Waals surface area contributed by atoms with E-state index in [1.54, 1.807) is 13.8 Å². The molecule has 2 heterocycles. The monoisotopic (exact) mass is 306 g/mol. The molecule has 8 heteroatoms. The van der Waals surface area contributed by atoms with Crippen LogP contribution in [0.1, 0.15) is 13.8 Å². The molecule has 22 heavy (non-hydrogen) atoms. The number of rotatable bonds is 1. The highest BCUT2D eigenvalue weighted by atomic mass is 19.1. The van der Waals surface area contributed by atoms with Gasteiger partial charge in [-0.25, -0.2) is 14.1 Å². The van der Waals surface area contributed by atoms with Crippen LogP contribution in [-0.4, -0.2) is 24.5 Å². The number of benzene rings is 1. The van der Waals surface area contributed by atoms with Gasteiger partial charge in [-0.2, -0.15) is 0 Å². The summed E-state index contributed by atoms with van der Waals surface area (Å²) in [5.74, 6) is -2.02. The van der Waals surface area contributed by atoms with Crippen LogP contribution in [-0.2, 0) is 14.3 Å². The van der Waals surface area contributed by atoms with Crippen molar-refractivity contribution in [1.82, 2.24) is 0 Å². The average Bonchev–Trinajstić information content (AvgIpc) is 2.74. The Labute approximate surface area is 124 Å². The van der Waals surface area contributed by atoms with Gasteiger partial charge in [-0.15, -0.1) is 0 Å². The summed E-state index contributed by atoms with van der Waals surface area (Å²) in [6.07, 6.45) is -0.997. The van der Waals surface area contributed by atoms with E-state index in [0.29, 0.717) is 10.5 Å². The molecule has 0 radical (unpaired) electrons. The topological polar surface area (TPSA) is 84.9 Å². The molecule has 2 aliphatic rings. The average molecular weight is 306 g/mol. The molecule has 2 aliphatic heterocycles. The van der Waals surface area contributed by atoms with Gasteiger partial charge in [0.15, 0.2) is 18.2 Å². The fourth-order valence-corrected chi connectivity index (χ4v) is 2.15. The van der Waals surface area contributed by atoms with E-state index in [1.165, 1.54) is 0 Å². The number of imide groups is 1. The SMILES string of the molecule is CC(C)=C1OC(=O)N(c2cc3c(cc2F)OCC(=O)N3)C1=O. The molecule has 1 saturated heterocycles. The molecule has 1 N–H and O–H groups in total. The number of hydrogen-bond acceptors (Lipinski definition) is 5. The van der Waals surface area contributed by atoms with Gasteiger partial charge < -0.3 is 14.8 Å². The van der Waals surface area contributed by atoms with Crippen molar-refractivity contribution in [2.24, 2.45) is 0 Å². The highest BCUT2D eigenvalue weighted by Gasteiger charge is 2.40. The minimum absolute atomic E-state index is 0.128. The molecule has 7 nitrogen and oxygen atoms in total. The van der Waals surface area contributed by atoms with E-state index in [0.717, 1.165) is 12.1 Å². The number of halogens is 1. The van der Waals surface area contributed by atoms with Crippen molar-refractivity contribution >= 4 is 29.3 Å². The molecule has 3 amide bonds. The molecule has 0 spiro atoms. The van der Waals surface area contributed by atoms with Crippen LogP contribution in [0.15, 0.2) is 23.5 Å². The lowest BCUT2D eigenvalue weighted by Crippen LogP contribution is -2.30. The number of hydrogen-bond donors (Lipinski definition) is 1. The zero-order valence-electron chi connectivity index (χ0n) is 11.7. The third-order valence-corrected chi connectivity index (χ3v) is 3.15. The summed E-state index contributed by atoms with van der Waals surface area (Å²) in [6.45, 7) is 2.97. The third-order valence-electron chi connectivity index (χ3n) is 3.15. The minimum atomic E-state index is -0.997. The van der Waals surface area contributed by atoms with Crippen molar-refractivity contribution in [2.45, 2.75) is 13.8 Å². The van der Waals surface area contributed by atoms with Crippen LogP contribution in [0.4, 0.5) is 20.6 Å². The Balaban J connectivity index is 2.07. The maximum absolute atomic E-state index is 14.2. The number of allylic oxidation sites excluding steroid dienone is 1. The normalized spacial score (nSPS) is 17.0. The van der Waals surface area contributed by atoms with E-state index in [1.807, 2.05) is 0 Å². The summed E-state index contributed by atoms with van der Waals surface area (Å²) in [5, 5.41) is 2.48. The van der Waals surface area contributed by atoms with Crippen LogP contribution >= 0.6 is 0 Å². The Morgan fingerprint density at radius 3 is 2.64 bits per heavy atom. The third kappa shape index (κ3) is 2.09. The Kier molecular flexibility index (Phi) is 3.09. The quantitative estimate of drug-likeness (QED) is 0.801. The Morgan fingerprint density at radius 2 is 2.00 bits per heavy atom. The molecule has 114 valence electrons. The number of amides is 3. The number of cyclic esters (lactones) is 1. The summed E-state index contributed by atoms with van der Waals surface area (Å²) in [5.41, 5.74) is 0.366. The molecular formula is C14H11FN2O5. The largest absolute Gasteiger partial charge is 0.481 e. The maximum Gasteiger partial charge on any atom is 0.427 e. The molecule has 1 aromatic carbocycles. The lowest BCUT2D eigenvalue weighted by atomic mass is 10.2. The van der Waals surface area contributed by atoms with E-state index in [2.05, 4.69) is 5.32 Å². The van der Waals surface area contributed by atoms with Crippen LogP contribution in [0.3, 0.4) is 0 Å². The van der Waals surface area contributed by atoms with Gasteiger partial charge in [0.25, 0.3) is 5.91 Å². The predicted octanol–water partition coefficient (Wildman–Crippen LogP) is 1.93. The molecule has 0 saturated carbocycles. The number of nitrogens with zero attached hydrogens (tertiary/aromatic N) is 1. The van der Waals surface area contributed by atoms with Gasteiger partial charge in [-0.1, -0.05) is 0 Å². The molecule has 1 aromatic rings. The number of anilines is 2. The molecule has 0 bridgehead atoms. The molecule has 0 atom stereocenters. The standard InChI is InChI=1S/C14H11FN2O5/c1-6(2)12-13(19)17(14(20)22-12)9-4-8-10(3-7(9)15)21-5-11(18)16-8/h3-4H,5H2,1-2H3,(H,16,18). The van der Waals surface area contributed by atoms with Gasteiger partial charge in [-0.05, 0) is 25.5 Å². The second-order valence-electron chi connectivity index (χ2n) is 4.97. The smallest absolute Gasteiger partial charge is 0.427 e. The van der Waals surface area contributed by atoms with Crippen LogP contribution < -0.4 is 15.0 Å². The summed E-state index contributed by atoms with van der Waals surface area (Å²) in [4.78, 5) is 35.9. The van der Waals surface area contributed by atoms with Crippen LogP contribution in [0.25, 0.3) is 0 Å². The number of nitrogens with one attached hydrogen (secondary N) is 1. The highest BCUT2D eigenvalue weighted by molar-refractivity contribution is 6.24. The zero-order chi connectivity index (χ0) is 16.0. The Morgan fingerprint density at radius 1 is 1.27 bits per heavy atom. The van der Waals surface area contributed by atoms with Crippen LogP contribution in [0.5, 0.6) is 5.75 Å². The first-order chi connectivity index (χ1) is 10.4. The fraction of sp³-hybridized carbons (Fsp3) is 0.214. The first-order valence-electron chi connectivity index (χ1n) is 6.38. The lowest BCUT2D eigenvalue weighted by molar-refractivity contribution is -0.118. The van der Waals surface area contributed by atoms with Crippen LogP contribution in [0, 0.1) is 5.82 Å². The highest BCUT2D eigenvalue weighted by Crippen LogP contribution is 2.37. The number of ether oxygens (including phenoxy) is 2. The van der Waals surface area contributed by atoms with Crippen molar-refractivity contribution in [1.29, 1.82) is 0 Å². The van der Waals surface area contributed by atoms with Crippen molar-refractivity contribution in [2.75, 3.05) is 16.8 Å². The number of carbonyl (C=O) groups excluding carboxylic acids is 3. The maximum atomic E-state index is 14.2. The van der Waals surface area contributed by atoms with Crippen molar-refractivity contribution < 1.29 is 28.2 Å². The molecule has 0 unspecified atom stereocenters. The molecule has 0 aromatic heterocycles. The second-order valence-corrected chi connectivity index (χ2v) is 4.97. The van der Waals surface area contributed by atoms with Crippen molar-refractivity contribution in [3.63, 3.8) is 0 Å². The van der Waals surface area contributed by atoms with Crippen molar-refractivity contribution in [3.05, 3.63) is 29.3 Å². The van der Waals surface area contributed by atoms with E-state index in [4.69, 9.17) is 9.47 Å². The Bertz CT molecular complexity index is 752. The van der Waals surface area contributed by atoms with Gasteiger partial charge in [0.2, 0.25) is 0 Å². The first kappa shape index (κ1) is 14.1. The van der Waals surface area contributed by atoms with Gasteiger partial charge in [0.05, 0.1) is 11.4 Å². The predicted molar refractivity (Wildman–Crippen MR) is 72.9 cm³/mol. The van der Waals surface area contributed by atoms with Gasteiger partial charge in [-0.3, -0.25) is 9.59 Å². The van der Waals surface area contributed by atoms with E-state index in [9.17, 15) is 18.8 Å². The Hall–Kier alpha value is -2.90. The summed E-state index contributed by atoms with van der Waals surface area (Å²) in [7, 11) is 0. The second kappa shape index (κ2) is 4.83. The van der Waals surface area contributed by atoms with Gasteiger partial charge in [0, 0.05) is 6.07 Å². The first-order valence-corrected chi connectivity index (χ1v) is 6.38. The summed E-state index contributed by atoms with van der Waals surface area (Å²) >= 11 is 0. The molecular weight excluding hydrogens is 295 g/mol. The number of carbonyl (C=O) groups is 3. The number of fused-ring (bicyclic) bond motifs is 1. The van der Waals surface area contributed by atoms with E-state index in [-0.39, 0.29) is 29.5 Å². The lowest BCUT2D eigenvalue weighted by Gasteiger charge is -2.20. The van der Waals surface area contributed by atoms with Gasteiger partial charge in [0.1, 0.15) is 5.75 Å². The fourth-order valence-electron chi connectivity index (χ4n) is 2.15. The molecule has 0 aliphatic carbocycles. The van der Waals surface area contributed by atoms with Crippen LogP contribution in [0.2, 0.25) is 0 Å². The minimum Gasteiger partial charge on any atom is -0.481 e. The zero-order valence-corrected chi connectivity index (χ0v) is 11.7. The molecule has 3 rings (SSSR count). The van der Waals surface area contributed by atoms with E-state index >= 15 is 0 Å². The summed E-state index contributed by atoms with van der Waals surface area (Å²) < 4.78 is 24.1. The molecule has 1 fully saturated rings. The van der Waals surface area contributed by atoms with Gasteiger partial charge >= 0.3 is 12.0 Å². The van der Waals surface area contributed by atoms with Crippen molar-refractivity contribution in [3.8, 4) is 5.75 Å².